The molecule has 3 aromatic rings. The predicted molar refractivity (Wildman–Crippen MR) is 102 cm³/mol. The highest BCUT2D eigenvalue weighted by molar-refractivity contribution is 6.37. The summed E-state index contributed by atoms with van der Waals surface area (Å²) in [6.45, 7) is 0.738. The zero-order valence-corrected chi connectivity index (χ0v) is 15.8. The summed E-state index contributed by atoms with van der Waals surface area (Å²) in [6.07, 6.45) is 0. The third kappa shape index (κ3) is 2.66. The normalized spacial score (nSPS) is 12.4. The molecule has 1 aromatic heterocycles. The minimum atomic E-state index is -1.45. The summed E-state index contributed by atoms with van der Waals surface area (Å²) in [5, 5.41) is 19.6. The van der Waals surface area contributed by atoms with Crippen molar-refractivity contribution < 1.29 is 18.3 Å². The minimum absolute atomic E-state index is 0.138. The van der Waals surface area contributed by atoms with Crippen LogP contribution in [0.5, 0.6) is 5.75 Å². The molecular formula is C20H13ClF2N4O2. The number of hydrogen-bond donors (Lipinski definition) is 2. The Bertz CT molecular complexity index is 1290. The van der Waals surface area contributed by atoms with Gasteiger partial charge in [-0.05, 0) is 24.3 Å². The molecule has 0 saturated heterocycles. The van der Waals surface area contributed by atoms with Gasteiger partial charge in [0.1, 0.15) is 28.7 Å². The fraction of sp³-hybridized carbons (Fsp3) is 0.150. The van der Waals surface area contributed by atoms with Gasteiger partial charge in [0.2, 0.25) is 0 Å². The number of benzene rings is 2. The molecule has 1 aliphatic heterocycles. The van der Waals surface area contributed by atoms with Gasteiger partial charge in [0.25, 0.3) is 0 Å². The van der Waals surface area contributed by atoms with Crippen LogP contribution in [0.1, 0.15) is 21.5 Å². The molecule has 2 N–H and O–H groups in total. The predicted octanol–water partition coefficient (Wildman–Crippen LogP) is 3.59. The maximum absolute atomic E-state index is 15.1. The molecule has 0 atom stereocenters. The van der Waals surface area contributed by atoms with E-state index in [1.807, 2.05) is 0 Å². The number of hydrogen-bond acceptors (Lipinski definition) is 5. The number of carbonyl (C=O) groups is 1. The lowest BCUT2D eigenvalue weighted by molar-refractivity contribution is 0.104. The maximum Gasteiger partial charge on any atom is 0.197 e. The minimum Gasteiger partial charge on any atom is -0.497 e. The van der Waals surface area contributed by atoms with Gasteiger partial charge < -0.3 is 14.6 Å². The van der Waals surface area contributed by atoms with Crippen molar-refractivity contribution in [1.29, 1.82) is 10.7 Å². The van der Waals surface area contributed by atoms with Gasteiger partial charge in [0, 0.05) is 29.4 Å². The average Bonchev–Trinajstić information content (AvgIpc) is 3.22. The second-order valence-electron chi connectivity index (χ2n) is 6.39. The first-order valence-corrected chi connectivity index (χ1v) is 8.92. The van der Waals surface area contributed by atoms with Crippen molar-refractivity contribution in [3.05, 3.63) is 63.1 Å². The van der Waals surface area contributed by atoms with Crippen molar-refractivity contribution in [3.63, 3.8) is 0 Å². The van der Waals surface area contributed by atoms with Gasteiger partial charge in [-0.2, -0.15) is 5.26 Å². The summed E-state index contributed by atoms with van der Waals surface area (Å²) in [4.78, 5) is 13.3. The van der Waals surface area contributed by atoms with Crippen molar-refractivity contribution in [2.24, 2.45) is 0 Å². The fourth-order valence-electron chi connectivity index (χ4n) is 3.52. The number of rotatable bonds is 3. The molecule has 0 amide bonds. The lowest BCUT2D eigenvalue weighted by atomic mass is 9.96. The Morgan fingerprint density at radius 3 is 2.59 bits per heavy atom. The quantitative estimate of drug-likeness (QED) is 0.506. The van der Waals surface area contributed by atoms with Crippen LogP contribution in [0, 0.1) is 28.4 Å². The number of nitrogens with zero attached hydrogens (tertiary/aromatic N) is 2. The van der Waals surface area contributed by atoms with Gasteiger partial charge in [-0.1, -0.05) is 11.6 Å². The van der Waals surface area contributed by atoms with Crippen LogP contribution in [0.15, 0.2) is 24.3 Å². The molecule has 0 aliphatic carbocycles. The Labute approximate surface area is 168 Å². The van der Waals surface area contributed by atoms with Crippen LogP contribution < -0.4 is 15.5 Å². The third-order valence-electron chi connectivity index (χ3n) is 4.90. The number of ketones is 1. The van der Waals surface area contributed by atoms with Crippen LogP contribution in [0.4, 0.5) is 14.6 Å². The Morgan fingerprint density at radius 2 is 1.97 bits per heavy atom. The molecule has 2 aromatic carbocycles. The largest absolute Gasteiger partial charge is 0.497 e. The number of methoxy groups -OCH3 is 1. The second kappa shape index (κ2) is 6.87. The summed E-state index contributed by atoms with van der Waals surface area (Å²) in [6, 6.07) is 7.70. The van der Waals surface area contributed by atoms with E-state index in [9.17, 15) is 14.4 Å². The maximum atomic E-state index is 15.1. The molecule has 9 heteroatoms. The SMILES string of the molecule is COc1ccc(C(=O)c2c3n(c(=N)c4c(Cl)c(C#N)c(F)c(F)c24)CCN3)cc1. The van der Waals surface area contributed by atoms with Crippen LogP contribution in [-0.2, 0) is 6.54 Å². The summed E-state index contributed by atoms with van der Waals surface area (Å²) >= 11 is 6.18. The van der Waals surface area contributed by atoms with Crippen molar-refractivity contribution in [2.45, 2.75) is 6.54 Å². The number of ether oxygens (including phenoxy) is 1. The molecule has 0 fully saturated rings. The number of fused-ring (bicyclic) bond motifs is 2. The molecule has 0 unspecified atom stereocenters. The standard InChI is InChI=1S/C20H13ClF2N4O2/c1-29-10-4-2-9(3-5-10)18(28)14-12-13(19(25)27-7-6-26-20(14)27)15(21)11(8-24)16(22)17(12)23/h2-5,25-26H,6-7H2,1H3. The van der Waals surface area contributed by atoms with Crippen molar-refractivity contribution in [3.8, 4) is 11.8 Å². The van der Waals surface area contributed by atoms with Crippen LogP contribution in [-0.4, -0.2) is 24.0 Å². The van der Waals surface area contributed by atoms with E-state index in [0.717, 1.165) is 0 Å². The number of nitrogens with one attached hydrogen (secondary N) is 2. The first kappa shape index (κ1) is 18.9. The topological polar surface area (TPSA) is 90.9 Å². The zero-order valence-electron chi connectivity index (χ0n) is 15.1. The first-order chi connectivity index (χ1) is 13.9. The Hall–Kier alpha value is -3.44. The number of aromatic nitrogens is 1. The zero-order chi connectivity index (χ0) is 20.9. The Morgan fingerprint density at radius 1 is 1.28 bits per heavy atom. The summed E-state index contributed by atoms with van der Waals surface area (Å²) in [5.74, 6) is -2.67. The molecule has 0 bridgehead atoms. The monoisotopic (exact) mass is 414 g/mol. The summed E-state index contributed by atoms with van der Waals surface area (Å²) < 4.78 is 36.1. The van der Waals surface area contributed by atoms with Gasteiger partial charge in [-0.25, -0.2) is 8.78 Å². The van der Waals surface area contributed by atoms with Crippen molar-refractivity contribution >= 4 is 34.0 Å². The molecule has 0 radical (unpaired) electrons. The molecule has 4 rings (SSSR count). The molecule has 29 heavy (non-hydrogen) atoms. The van der Waals surface area contributed by atoms with E-state index < -0.39 is 33.4 Å². The van der Waals surface area contributed by atoms with E-state index in [4.69, 9.17) is 21.7 Å². The highest BCUT2D eigenvalue weighted by Crippen LogP contribution is 2.37. The number of pyridine rings is 1. The smallest absolute Gasteiger partial charge is 0.197 e. The number of carbonyl (C=O) groups excluding carboxylic acids is 1. The van der Waals surface area contributed by atoms with Gasteiger partial charge in [-0.15, -0.1) is 0 Å². The average molecular weight is 415 g/mol. The molecule has 1 aliphatic rings. The molecule has 0 spiro atoms. The van der Waals surface area contributed by atoms with Gasteiger partial charge >= 0.3 is 0 Å². The van der Waals surface area contributed by atoms with E-state index in [-0.39, 0.29) is 27.8 Å². The van der Waals surface area contributed by atoms with Gasteiger partial charge in [0.05, 0.1) is 17.7 Å². The highest BCUT2D eigenvalue weighted by Gasteiger charge is 2.31. The van der Waals surface area contributed by atoms with Gasteiger partial charge in [0.15, 0.2) is 17.4 Å². The van der Waals surface area contributed by atoms with Gasteiger partial charge in [-0.3, -0.25) is 10.2 Å². The Balaban J connectivity index is 2.13. The molecule has 0 saturated carbocycles. The number of nitriles is 1. The van der Waals surface area contributed by atoms with Crippen LogP contribution in [0.3, 0.4) is 0 Å². The van der Waals surface area contributed by atoms with E-state index in [1.165, 1.54) is 29.9 Å². The lowest BCUT2D eigenvalue weighted by Crippen LogP contribution is -2.23. The molecule has 6 nitrogen and oxygen atoms in total. The van der Waals surface area contributed by atoms with Crippen LogP contribution in [0.2, 0.25) is 5.02 Å². The van der Waals surface area contributed by atoms with Crippen LogP contribution in [0.25, 0.3) is 10.8 Å². The lowest BCUT2D eigenvalue weighted by Gasteiger charge is -2.17. The molecule has 2 heterocycles. The fourth-order valence-corrected chi connectivity index (χ4v) is 3.83. The number of anilines is 1. The van der Waals surface area contributed by atoms with E-state index in [2.05, 4.69) is 5.32 Å². The van der Waals surface area contributed by atoms with E-state index in [1.54, 1.807) is 12.1 Å². The molecule has 146 valence electrons. The number of halogens is 3. The van der Waals surface area contributed by atoms with E-state index >= 15 is 4.39 Å². The highest BCUT2D eigenvalue weighted by atomic mass is 35.5. The van der Waals surface area contributed by atoms with E-state index in [0.29, 0.717) is 18.8 Å². The van der Waals surface area contributed by atoms with Crippen LogP contribution >= 0.6 is 11.6 Å². The molecular weight excluding hydrogens is 402 g/mol. The summed E-state index contributed by atoms with van der Waals surface area (Å²) in [7, 11) is 1.48. The third-order valence-corrected chi connectivity index (χ3v) is 5.28. The van der Waals surface area contributed by atoms with Crippen molar-refractivity contribution in [2.75, 3.05) is 19.0 Å². The van der Waals surface area contributed by atoms with Crippen molar-refractivity contribution in [1.82, 2.24) is 4.57 Å². The second-order valence-corrected chi connectivity index (χ2v) is 6.76. The summed E-state index contributed by atoms with van der Waals surface area (Å²) in [5.41, 5.74) is -0.811. The Kier molecular flexibility index (Phi) is 4.47. The first-order valence-electron chi connectivity index (χ1n) is 8.55.